The molecule has 1 atom stereocenters. The Bertz CT molecular complexity index is 917. The molecule has 0 saturated carbocycles. The lowest BCUT2D eigenvalue weighted by molar-refractivity contribution is 0.196. The van der Waals surface area contributed by atoms with E-state index in [1.165, 1.54) is 10.9 Å². The number of piperazine rings is 1. The van der Waals surface area contributed by atoms with Crippen LogP contribution in [0, 0.1) is 0 Å². The third kappa shape index (κ3) is 3.48. The highest BCUT2D eigenvalue weighted by atomic mass is 16.5. The minimum absolute atomic E-state index is 0.0741. The maximum Gasteiger partial charge on any atom is 0.124 e. The average molecular weight is 363 g/mol. The van der Waals surface area contributed by atoms with Crippen molar-refractivity contribution in [3.05, 3.63) is 65.9 Å². The molecular weight excluding hydrogens is 338 g/mol. The second kappa shape index (κ2) is 7.94. The van der Waals surface area contributed by atoms with E-state index < -0.39 is 0 Å². The van der Waals surface area contributed by atoms with Gasteiger partial charge >= 0.3 is 0 Å². The number of hydrogen-bond acceptors (Lipinski definition) is 5. The van der Waals surface area contributed by atoms with E-state index in [0.717, 1.165) is 48.8 Å². The number of methoxy groups -OCH3 is 2. The number of aromatic nitrogens is 1. The third-order valence-corrected chi connectivity index (χ3v) is 5.23. The van der Waals surface area contributed by atoms with Gasteiger partial charge < -0.3 is 14.8 Å². The van der Waals surface area contributed by atoms with Crippen molar-refractivity contribution >= 4 is 10.9 Å². The van der Waals surface area contributed by atoms with Crippen molar-refractivity contribution in [3.63, 3.8) is 0 Å². The lowest BCUT2D eigenvalue weighted by atomic mass is 9.93. The molecular formula is C22H25N3O2. The number of rotatable bonds is 5. The van der Waals surface area contributed by atoms with Gasteiger partial charge in [0.1, 0.15) is 11.5 Å². The van der Waals surface area contributed by atoms with Crippen LogP contribution >= 0.6 is 0 Å². The molecule has 2 heterocycles. The van der Waals surface area contributed by atoms with Crippen molar-refractivity contribution in [1.82, 2.24) is 15.2 Å². The molecule has 4 rings (SSSR count). The van der Waals surface area contributed by atoms with Crippen molar-refractivity contribution < 1.29 is 9.47 Å². The van der Waals surface area contributed by atoms with Crippen LogP contribution in [-0.4, -0.2) is 50.3 Å². The van der Waals surface area contributed by atoms with Gasteiger partial charge in [-0.25, -0.2) is 0 Å². The van der Waals surface area contributed by atoms with Crippen LogP contribution in [-0.2, 0) is 0 Å². The van der Waals surface area contributed by atoms with Crippen LogP contribution in [0.2, 0.25) is 0 Å². The predicted molar refractivity (Wildman–Crippen MR) is 108 cm³/mol. The number of para-hydroxylation sites is 1. The minimum atomic E-state index is 0.0741. The molecule has 1 aromatic heterocycles. The summed E-state index contributed by atoms with van der Waals surface area (Å²) < 4.78 is 11.3. The summed E-state index contributed by atoms with van der Waals surface area (Å²) in [5.41, 5.74) is 3.38. The van der Waals surface area contributed by atoms with Crippen molar-refractivity contribution in [1.29, 1.82) is 0 Å². The van der Waals surface area contributed by atoms with Crippen LogP contribution < -0.4 is 14.8 Å². The number of nitrogens with zero attached hydrogens (tertiary/aromatic N) is 2. The van der Waals surface area contributed by atoms with Gasteiger partial charge in [0.2, 0.25) is 0 Å². The summed E-state index contributed by atoms with van der Waals surface area (Å²) in [4.78, 5) is 7.06. The van der Waals surface area contributed by atoms with E-state index in [-0.39, 0.29) is 6.04 Å². The zero-order valence-corrected chi connectivity index (χ0v) is 15.8. The summed E-state index contributed by atoms with van der Waals surface area (Å²) >= 11 is 0. The first-order chi connectivity index (χ1) is 13.3. The fourth-order valence-electron chi connectivity index (χ4n) is 3.91. The van der Waals surface area contributed by atoms with E-state index in [1.54, 1.807) is 14.2 Å². The monoisotopic (exact) mass is 363 g/mol. The molecule has 0 radical (unpaired) electrons. The molecule has 0 spiro atoms. The lowest BCUT2D eigenvalue weighted by Crippen LogP contribution is -2.45. The first kappa shape index (κ1) is 17.8. The molecule has 5 heteroatoms. The molecule has 1 aliphatic heterocycles. The Morgan fingerprint density at radius 3 is 2.56 bits per heavy atom. The van der Waals surface area contributed by atoms with Crippen molar-refractivity contribution in [2.75, 3.05) is 40.4 Å². The SMILES string of the molecule is COc1ccc(OC)c(C(c2ccnc3ccccc23)N2CCNCC2)c1. The van der Waals surface area contributed by atoms with Crippen molar-refractivity contribution in [2.24, 2.45) is 0 Å². The van der Waals surface area contributed by atoms with Gasteiger partial charge in [0, 0.05) is 43.3 Å². The summed E-state index contributed by atoms with van der Waals surface area (Å²) in [6.45, 7) is 3.90. The number of pyridine rings is 1. The van der Waals surface area contributed by atoms with Gasteiger partial charge in [0.25, 0.3) is 0 Å². The number of hydrogen-bond donors (Lipinski definition) is 1. The maximum absolute atomic E-state index is 5.74. The molecule has 1 unspecified atom stereocenters. The summed E-state index contributed by atoms with van der Waals surface area (Å²) in [6.07, 6.45) is 1.90. The second-order valence-electron chi connectivity index (χ2n) is 6.71. The summed E-state index contributed by atoms with van der Waals surface area (Å²) in [7, 11) is 3.43. The van der Waals surface area contributed by atoms with Crippen molar-refractivity contribution in [3.8, 4) is 11.5 Å². The highest BCUT2D eigenvalue weighted by Gasteiger charge is 2.28. The normalized spacial score (nSPS) is 16.2. The zero-order chi connectivity index (χ0) is 18.6. The second-order valence-corrected chi connectivity index (χ2v) is 6.71. The van der Waals surface area contributed by atoms with Gasteiger partial charge in [-0.15, -0.1) is 0 Å². The smallest absolute Gasteiger partial charge is 0.124 e. The molecule has 27 heavy (non-hydrogen) atoms. The van der Waals surface area contributed by atoms with E-state index >= 15 is 0 Å². The molecule has 5 nitrogen and oxygen atoms in total. The number of nitrogens with one attached hydrogen (secondary N) is 1. The van der Waals surface area contributed by atoms with Gasteiger partial charge in [-0.1, -0.05) is 18.2 Å². The predicted octanol–water partition coefficient (Wildman–Crippen LogP) is 3.25. The van der Waals surface area contributed by atoms with Crippen LogP contribution in [0.25, 0.3) is 10.9 Å². The van der Waals surface area contributed by atoms with Gasteiger partial charge in [-0.2, -0.15) is 0 Å². The fourth-order valence-corrected chi connectivity index (χ4v) is 3.91. The van der Waals surface area contributed by atoms with E-state index in [0.29, 0.717) is 0 Å². The topological polar surface area (TPSA) is 46.6 Å². The van der Waals surface area contributed by atoms with Gasteiger partial charge in [-0.05, 0) is 35.9 Å². The molecule has 1 aliphatic rings. The molecule has 0 bridgehead atoms. The molecule has 140 valence electrons. The van der Waals surface area contributed by atoms with Crippen LogP contribution in [0.1, 0.15) is 17.2 Å². The lowest BCUT2D eigenvalue weighted by Gasteiger charge is -2.36. The summed E-state index contributed by atoms with van der Waals surface area (Å²) in [5.74, 6) is 1.71. The molecule has 3 aromatic rings. The van der Waals surface area contributed by atoms with Gasteiger partial charge in [0.15, 0.2) is 0 Å². The Balaban J connectivity index is 1.92. The number of fused-ring (bicyclic) bond motifs is 1. The first-order valence-electron chi connectivity index (χ1n) is 9.32. The molecule has 1 saturated heterocycles. The third-order valence-electron chi connectivity index (χ3n) is 5.23. The minimum Gasteiger partial charge on any atom is -0.497 e. The van der Waals surface area contributed by atoms with E-state index in [2.05, 4.69) is 45.5 Å². The number of benzene rings is 2. The Morgan fingerprint density at radius 2 is 1.78 bits per heavy atom. The van der Waals surface area contributed by atoms with Crippen LogP contribution in [0.4, 0.5) is 0 Å². The number of ether oxygens (including phenoxy) is 2. The Morgan fingerprint density at radius 1 is 0.963 bits per heavy atom. The molecule has 1 N–H and O–H groups in total. The Hall–Kier alpha value is -2.63. The highest BCUT2D eigenvalue weighted by molar-refractivity contribution is 5.83. The summed E-state index contributed by atoms with van der Waals surface area (Å²) in [6, 6.07) is 16.6. The Labute approximate surface area is 159 Å². The maximum atomic E-state index is 5.74. The van der Waals surface area contributed by atoms with Crippen molar-refractivity contribution in [2.45, 2.75) is 6.04 Å². The van der Waals surface area contributed by atoms with Crippen LogP contribution in [0.3, 0.4) is 0 Å². The molecule has 1 fully saturated rings. The highest BCUT2D eigenvalue weighted by Crippen LogP contribution is 2.39. The summed E-state index contributed by atoms with van der Waals surface area (Å²) in [5, 5.41) is 4.63. The first-order valence-corrected chi connectivity index (χ1v) is 9.32. The molecule has 2 aromatic carbocycles. The fraction of sp³-hybridized carbons (Fsp3) is 0.318. The van der Waals surface area contributed by atoms with Gasteiger partial charge in [-0.3, -0.25) is 9.88 Å². The van der Waals surface area contributed by atoms with E-state index in [1.807, 2.05) is 24.4 Å². The quantitative estimate of drug-likeness (QED) is 0.754. The zero-order valence-electron chi connectivity index (χ0n) is 15.8. The van der Waals surface area contributed by atoms with Gasteiger partial charge in [0.05, 0.1) is 25.8 Å². The largest absolute Gasteiger partial charge is 0.497 e. The Kier molecular flexibility index (Phi) is 5.23. The van der Waals surface area contributed by atoms with Crippen LogP contribution in [0.5, 0.6) is 11.5 Å². The molecule has 0 aliphatic carbocycles. The molecule has 0 amide bonds. The van der Waals surface area contributed by atoms with E-state index in [9.17, 15) is 0 Å². The van der Waals surface area contributed by atoms with Crippen LogP contribution in [0.15, 0.2) is 54.7 Å². The van der Waals surface area contributed by atoms with E-state index in [4.69, 9.17) is 9.47 Å². The average Bonchev–Trinajstić information content (AvgIpc) is 2.75. The standard InChI is InChI=1S/C22H25N3O2/c1-26-16-7-8-21(27-2)19(15-16)22(25-13-11-23-12-14-25)18-9-10-24-20-6-4-3-5-17(18)20/h3-10,15,22-23H,11-14H2,1-2H3.